The van der Waals surface area contributed by atoms with Crippen molar-refractivity contribution in [3.63, 3.8) is 0 Å². The summed E-state index contributed by atoms with van der Waals surface area (Å²) in [6.07, 6.45) is 0. The van der Waals surface area contributed by atoms with Gasteiger partial charge in [0.15, 0.2) is 0 Å². The van der Waals surface area contributed by atoms with Gasteiger partial charge in [0.1, 0.15) is 0 Å². The molecule has 0 N–H and O–H groups in total. The van der Waals surface area contributed by atoms with E-state index in [9.17, 15) is 0 Å². The van der Waals surface area contributed by atoms with Gasteiger partial charge in [-0.2, -0.15) is 0 Å². The van der Waals surface area contributed by atoms with E-state index in [1.807, 2.05) is 0 Å². The van der Waals surface area contributed by atoms with Crippen LogP contribution in [0.3, 0.4) is 0 Å². The standard InChI is InChI=1S/C50H30N2/c1-7-22-42-33(16-1)34-17-2-8-23-43(34)50(42)44-24-9-3-18-35(44)40-29-39-36-19-4-10-25-46(36)51-49(41(39)30-45(40)50)31-14-13-15-32(28-31)52-47-26-11-5-20-37(47)38-21-6-12-27-48(38)52/h1-30H. The Labute approximate surface area is 300 Å². The highest BCUT2D eigenvalue weighted by molar-refractivity contribution is 6.14. The van der Waals surface area contributed by atoms with E-state index < -0.39 is 5.41 Å². The van der Waals surface area contributed by atoms with Crippen LogP contribution < -0.4 is 0 Å². The minimum atomic E-state index is -0.416. The maximum atomic E-state index is 5.49. The number of para-hydroxylation sites is 3. The molecule has 0 unspecified atom stereocenters. The van der Waals surface area contributed by atoms with Crippen LogP contribution in [0.4, 0.5) is 0 Å². The van der Waals surface area contributed by atoms with Gasteiger partial charge in [-0.1, -0.05) is 140 Å². The predicted molar refractivity (Wildman–Crippen MR) is 215 cm³/mol. The highest BCUT2D eigenvalue weighted by atomic mass is 15.0. The number of benzene rings is 8. The lowest BCUT2D eigenvalue weighted by Crippen LogP contribution is -2.25. The SMILES string of the molecule is c1cc(-c2nc3ccccc3c3cc4c(cc23)C2(c3ccccc3-c3ccccc32)c2ccccc2-4)cc(-n2c3ccccc3c3ccccc32)c1. The van der Waals surface area contributed by atoms with Crippen LogP contribution in [0.5, 0.6) is 0 Å². The molecule has 0 aliphatic heterocycles. The summed E-state index contributed by atoms with van der Waals surface area (Å²) >= 11 is 0. The summed E-state index contributed by atoms with van der Waals surface area (Å²) < 4.78 is 2.40. The third kappa shape index (κ3) is 3.46. The number of rotatable bonds is 2. The highest BCUT2D eigenvalue weighted by Gasteiger charge is 2.51. The Hall–Kier alpha value is -6.77. The second-order valence-corrected chi connectivity index (χ2v) is 14.2. The maximum Gasteiger partial charge on any atom is 0.0788 e. The first kappa shape index (κ1) is 28.0. The Balaban J connectivity index is 1.19. The number of hydrogen-bond acceptors (Lipinski definition) is 1. The van der Waals surface area contributed by atoms with Crippen molar-refractivity contribution in [3.05, 3.63) is 204 Å². The van der Waals surface area contributed by atoms with E-state index in [-0.39, 0.29) is 0 Å². The molecule has 1 spiro atoms. The van der Waals surface area contributed by atoms with Crippen molar-refractivity contribution in [1.82, 2.24) is 9.55 Å². The third-order valence-corrected chi connectivity index (χ3v) is 11.8. The molecule has 12 rings (SSSR count). The molecule has 0 fully saturated rings. The van der Waals surface area contributed by atoms with E-state index in [0.717, 1.165) is 22.5 Å². The molecular formula is C50H30N2. The van der Waals surface area contributed by atoms with Crippen molar-refractivity contribution in [1.29, 1.82) is 0 Å². The fourth-order valence-corrected chi connectivity index (χ4v) is 9.75. The van der Waals surface area contributed by atoms with Crippen LogP contribution in [0.2, 0.25) is 0 Å². The molecule has 2 aliphatic carbocycles. The maximum absolute atomic E-state index is 5.49. The molecule has 0 bridgehead atoms. The van der Waals surface area contributed by atoms with E-state index >= 15 is 0 Å². The van der Waals surface area contributed by atoms with Crippen LogP contribution in [0.15, 0.2) is 182 Å². The van der Waals surface area contributed by atoms with Crippen LogP contribution in [0.1, 0.15) is 22.3 Å². The van der Waals surface area contributed by atoms with Gasteiger partial charge in [0.2, 0.25) is 0 Å². The van der Waals surface area contributed by atoms with Crippen LogP contribution in [-0.2, 0) is 5.41 Å². The van der Waals surface area contributed by atoms with Crippen molar-refractivity contribution in [2.45, 2.75) is 5.41 Å². The molecule has 2 aliphatic rings. The molecule has 2 heterocycles. The van der Waals surface area contributed by atoms with E-state index in [0.29, 0.717) is 0 Å². The number of hydrogen-bond donors (Lipinski definition) is 0. The smallest absolute Gasteiger partial charge is 0.0788 e. The quantitative estimate of drug-likeness (QED) is 0.169. The summed E-state index contributed by atoms with van der Waals surface area (Å²) in [5.41, 5.74) is 16.9. The summed E-state index contributed by atoms with van der Waals surface area (Å²) in [6, 6.07) is 67.1. The van der Waals surface area contributed by atoms with Gasteiger partial charge in [-0.25, -0.2) is 4.98 Å². The zero-order chi connectivity index (χ0) is 34.0. The molecule has 8 aromatic carbocycles. The number of pyridine rings is 1. The van der Waals surface area contributed by atoms with E-state index in [1.54, 1.807) is 0 Å². The monoisotopic (exact) mass is 658 g/mol. The predicted octanol–water partition coefficient (Wildman–Crippen LogP) is 12.5. The molecule has 52 heavy (non-hydrogen) atoms. The summed E-state index contributed by atoms with van der Waals surface area (Å²) in [7, 11) is 0. The van der Waals surface area contributed by atoms with Crippen molar-refractivity contribution < 1.29 is 0 Å². The van der Waals surface area contributed by atoms with Crippen molar-refractivity contribution in [3.8, 4) is 39.2 Å². The lowest BCUT2D eigenvalue weighted by atomic mass is 9.70. The topological polar surface area (TPSA) is 17.8 Å². The normalized spacial score (nSPS) is 13.5. The Morgan fingerprint density at radius 2 is 0.904 bits per heavy atom. The van der Waals surface area contributed by atoms with E-state index in [4.69, 9.17) is 4.98 Å². The van der Waals surface area contributed by atoms with Gasteiger partial charge in [-0.15, -0.1) is 0 Å². The molecule has 0 amide bonds. The minimum absolute atomic E-state index is 0.416. The molecule has 2 heteroatoms. The van der Waals surface area contributed by atoms with Gasteiger partial charge in [-0.05, 0) is 92.4 Å². The fourth-order valence-electron chi connectivity index (χ4n) is 9.75. The molecule has 2 nitrogen and oxygen atoms in total. The summed E-state index contributed by atoms with van der Waals surface area (Å²) in [4.78, 5) is 5.49. The second kappa shape index (κ2) is 10.2. The van der Waals surface area contributed by atoms with E-state index in [2.05, 4.69) is 187 Å². The molecule has 240 valence electrons. The van der Waals surface area contributed by atoms with Crippen LogP contribution in [0.25, 0.3) is 82.7 Å². The van der Waals surface area contributed by atoms with E-state index in [1.165, 1.54) is 82.5 Å². The molecular weight excluding hydrogens is 629 g/mol. The highest BCUT2D eigenvalue weighted by Crippen LogP contribution is 2.63. The molecule has 0 saturated carbocycles. The zero-order valence-corrected chi connectivity index (χ0v) is 28.2. The Morgan fingerprint density at radius 3 is 1.56 bits per heavy atom. The fraction of sp³-hybridized carbons (Fsp3) is 0.0200. The Kier molecular flexibility index (Phi) is 5.46. The molecule has 0 radical (unpaired) electrons. The first-order valence-electron chi connectivity index (χ1n) is 18.1. The average molecular weight is 659 g/mol. The van der Waals surface area contributed by atoms with Gasteiger partial charge in [0.25, 0.3) is 0 Å². The summed E-state index contributed by atoms with van der Waals surface area (Å²) in [5.74, 6) is 0. The van der Waals surface area contributed by atoms with Gasteiger partial charge in [-0.3, -0.25) is 0 Å². The lowest BCUT2D eigenvalue weighted by molar-refractivity contribution is 0.795. The first-order chi connectivity index (χ1) is 25.8. The third-order valence-electron chi connectivity index (χ3n) is 11.8. The number of aromatic nitrogens is 2. The first-order valence-corrected chi connectivity index (χ1v) is 18.1. The van der Waals surface area contributed by atoms with Crippen LogP contribution >= 0.6 is 0 Å². The van der Waals surface area contributed by atoms with Crippen LogP contribution in [0, 0.1) is 0 Å². The van der Waals surface area contributed by atoms with Crippen LogP contribution in [-0.4, -0.2) is 9.55 Å². The molecule has 10 aromatic rings. The largest absolute Gasteiger partial charge is 0.309 e. The Morgan fingerprint density at radius 1 is 0.365 bits per heavy atom. The summed E-state index contributed by atoms with van der Waals surface area (Å²) in [6.45, 7) is 0. The van der Waals surface area contributed by atoms with Crippen molar-refractivity contribution in [2.24, 2.45) is 0 Å². The van der Waals surface area contributed by atoms with Gasteiger partial charge < -0.3 is 4.57 Å². The molecule has 2 aromatic heterocycles. The van der Waals surface area contributed by atoms with Crippen molar-refractivity contribution >= 4 is 43.5 Å². The molecule has 0 saturated heterocycles. The summed E-state index contributed by atoms with van der Waals surface area (Å²) in [5, 5.41) is 6.10. The average Bonchev–Trinajstić information content (AvgIpc) is 3.82. The van der Waals surface area contributed by atoms with Gasteiger partial charge >= 0.3 is 0 Å². The molecule has 0 atom stereocenters. The number of nitrogens with zero attached hydrogens (tertiary/aromatic N) is 2. The number of fused-ring (bicyclic) bond motifs is 16. The van der Waals surface area contributed by atoms with Gasteiger partial charge in [0, 0.05) is 32.8 Å². The van der Waals surface area contributed by atoms with Gasteiger partial charge in [0.05, 0.1) is 27.7 Å². The lowest BCUT2D eigenvalue weighted by Gasteiger charge is -2.30. The Bertz CT molecular complexity index is 3050. The second-order valence-electron chi connectivity index (χ2n) is 14.2. The van der Waals surface area contributed by atoms with Crippen molar-refractivity contribution in [2.75, 3.05) is 0 Å². The minimum Gasteiger partial charge on any atom is -0.309 e. The zero-order valence-electron chi connectivity index (χ0n) is 28.2.